The number of imidazole rings is 1. The predicted octanol–water partition coefficient (Wildman–Crippen LogP) is 4.11. The van der Waals surface area contributed by atoms with Crippen LogP contribution in [0.5, 0.6) is 0 Å². The number of ether oxygens (including phenoxy) is 1. The fourth-order valence-corrected chi connectivity index (χ4v) is 4.46. The molecule has 2 heterocycles. The lowest BCUT2D eigenvalue weighted by Gasteiger charge is -2.42. The van der Waals surface area contributed by atoms with Gasteiger partial charge < -0.3 is 14.7 Å². The molecule has 0 radical (unpaired) electrons. The zero-order valence-electron chi connectivity index (χ0n) is 17.2. The summed E-state index contributed by atoms with van der Waals surface area (Å²) in [6.45, 7) is 6.83. The van der Waals surface area contributed by atoms with E-state index in [1.807, 2.05) is 6.07 Å². The normalized spacial score (nSPS) is 17.0. The van der Waals surface area contributed by atoms with Gasteiger partial charge in [-0.1, -0.05) is 36.4 Å². The molecule has 2 N–H and O–H groups in total. The molecule has 5 heteroatoms. The van der Waals surface area contributed by atoms with Gasteiger partial charge in [-0.15, -0.1) is 0 Å². The predicted molar refractivity (Wildman–Crippen MR) is 117 cm³/mol. The lowest BCUT2D eigenvalue weighted by Crippen LogP contribution is -2.42. The zero-order valence-corrected chi connectivity index (χ0v) is 17.2. The Morgan fingerprint density at radius 1 is 1.00 bits per heavy atom. The Kier molecular flexibility index (Phi) is 6.16. The monoisotopic (exact) mass is 393 g/mol. The molecule has 3 aromatic rings. The number of aromatic nitrogens is 2. The first-order valence-corrected chi connectivity index (χ1v) is 10.7. The van der Waals surface area contributed by atoms with Crippen LogP contribution >= 0.6 is 0 Å². The molecular weight excluding hydrogens is 362 g/mol. The summed E-state index contributed by atoms with van der Waals surface area (Å²) in [5.74, 6) is 0. The highest BCUT2D eigenvalue weighted by Crippen LogP contribution is 2.37. The van der Waals surface area contributed by atoms with Crippen molar-refractivity contribution in [1.29, 1.82) is 0 Å². The lowest BCUT2D eigenvalue weighted by atomic mass is 9.74. The number of fused-ring (bicyclic) bond motifs is 1. The summed E-state index contributed by atoms with van der Waals surface area (Å²) < 4.78 is 5.91. The molecule has 0 bridgehead atoms. The number of aromatic amines is 2. The Bertz CT molecular complexity index is 968. The molecule has 0 aliphatic carbocycles. The number of nitrogens with zero attached hydrogens (tertiary/aromatic N) is 1. The second kappa shape index (κ2) is 8.97. The van der Waals surface area contributed by atoms with Gasteiger partial charge in [0.15, 0.2) is 0 Å². The van der Waals surface area contributed by atoms with Crippen molar-refractivity contribution in [2.75, 3.05) is 26.3 Å². The molecule has 2 aromatic carbocycles. The Morgan fingerprint density at radius 2 is 1.76 bits per heavy atom. The molecule has 1 aliphatic heterocycles. The first-order valence-electron chi connectivity index (χ1n) is 10.7. The average molecular weight is 394 g/mol. The van der Waals surface area contributed by atoms with Gasteiger partial charge in [0.1, 0.15) is 0 Å². The van der Waals surface area contributed by atoms with Gasteiger partial charge in [0.25, 0.3) is 0 Å². The third-order valence-corrected chi connectivity index (χ3v) is 6.30. The van der Waals surface area contributed by atoms with Gasteiger partial charge >= 0.3 is 5.69 Å². The van der Waals surface area contributed by atoms with Crippen molar-refractivity contribution in [3.05, 3.63) is 70.1 Å². The van der Waals surface area contributed by atoms with Crippen molar-refractivity contribution in [2.45, 2.75) is 39.2 Å². The van der Waals surface area contributed by atoms with Crippen molar-refractivity contribution >= 4 is 11.0 Å². The fraction of sp³-hybridized carbons (Fsp3) is 0.458. The summed E-state index contributed by atoms with van der Waals surface area (Å²) in [4.78, 5) is 19.7. The Hall–Kier alpha value is -2.37. The molecule has 5 nitrogen and oxygen atoms in total. The first kappa shape index (κ1) is 19.9. The van der Waals surface area contributed by atoms with Gasteiger partial charge in [0, 0.05) is 13.2 Å². The van der Waals surface area contributed by atoms with Crippen LogP contribution in [0.4, 0.5) is 0 Å². The molecule has 154 valence electrons. The van der Waals surface area contributed by atoms with Gasteiger partial charge in [-0.3, -0.25) is 4.90 Å². The Balaban J connectivity index is 1.37. The molecule has 0 spiro atoms. The smallest absolute Gasteiger partial charge is 0.323 e. The second-order valence-corrected chi connectivity index (χ2v) is 8.36. The zero-order chi connectivity index (χ0) is 20.1. The molecular formula is C24H31N3O2. The van der Waals surface area contributed by atoms with Crippen LogP contribution in [0.2, 0.25) is 0 Å². The van der Waals surface area contributed by atoms with E-state index < -0.39 is 0 Å². The van der Waals surface area contributed by atoms with Gasteiger partial charge in [-0.05, 0) is 74.4 Å². The van der Waals surface area contributed by atoms with Gasteiger partial charge in [-0.25, -0.2) is 4.79 Å². The topological polar surface area (TPSA) is 61.1 Å². The van der Waals surface area contributed by atoms with Crippen LogP contribution in [-0.2, 0) is 17.7 Å². The number of nitrogens with one attached hydrogen (secondary N) is 2. The van der Waals surface area contributed by atoms with Gasteiger partial charge in [0.05, 0.1) is 17.6 Å². The summed E-state index contributed by atoms with van der Waals surface area (Å²) >= 11 is 0. The fourth-order valence-electron chi connectivity index (χ4n) is 4.46. The standard InChI is InChI=1S/C24H31N3O2/c1-2-29-18-24(11-10-19-6-4-3-5-7-19)12-14-27(15-13-24)17-20-8-9-21-22(16-20)26-23(28)25-21/h3-9,16H,2,10-15,17-18H2,1H3,(H2,25,26,28). The molecule has 1 aromatic heterocycles. The SMILES string of the molecule is CCOCC1(CCc2ccccc2)CCN(Cc2ccc3[nH]c(=O)[nH]c3c2)CC1. The van der Waals surface area contributed by atoms with Crippen LogP contribution in [0.15, 0.2) is 53.3 Å². The van der Waals surface area contributed by atoms with E-state index in [9.17, 15) is 4.79 Å². The maximum atomic E-state index is 11.5. The van der Waals surface area contributed by atoms with Crippen LogP contribution in [0, 0.1) is 5.41 Å². The van der Waals surface area contributed by atoms with E-state index in [1.54, 1.807) is 0 Å². The van der Waals surface area contributed by atoms with Gasteiger partial charge in [-0.2, -0.15) is 0 Å². The third-order valence-electron chi connectivity index (χ3n) is 6.30. The number of hydrogen-bond acceptors (Lipinski definition) is 3. The largest absolute Gasteiger partial charge is 0.381 e. The summed E-state index contributed by atoms with van der Waals surface area (Å²) in [6.07, 6.45) is 4.64. The van der Waals surface area contributed by atoms with Crippen molar-refractivity contribution in [3.8, 4) is 0 Å². The summed E-state index contributed by atoms with van der Waals surface area (Å²) in [5, 5.41) is 0. The van der Waals surface area contributed by atoms with E-state index >= 15 is 0 Å². The number of benzene rings is 2. The third kappa shape index (κ3) is 4.98. The lowest BCUT2D eigenvalue weighted by molar-refractivity contribution is -0.00231. The number of H-pyrrole nitrogens is 2. The minimum atomic E-state index is -0.144. The summed E-state index contributed by atoms with van der Waals surface area (Å²) in [7, 11) is 0. The molecule has 1 saturated heterocycles. The summed E-state index contributed by atoms with van der Waals surface area (Å²) in [5.41, 5.74) is 4.55. The average Bonchev–Trinajstić information content (AvgIpc) is 3.12. The van der Waals surface area contributed by atoms with E-state index in [4.69, 9.17) is 4.74 Å². The maximum Gasteiger partial charge on any atom is 0.323 e. The van der Waals surface area contributed by atoms with E-state index in [-0.39, 0.29) is 11.1 Å². The van der Waals surface area contributed by atoms with E-state index in [1.165, 1.54) is 30.4 Å². The minimum Gasteiger partial charge on any atom is -0.381 e. The molecule has 1 fully saturated rings. The maximum absolute atomic E-state index is 11.5. The molecule has 0 atom stereocenters. The van der Waals surface area contributed by atoms with Crippen LogP contribution < -0.4 is 5.69 Å². The number of likely N-dealkylation sites (tertiary alicyclic amines) is 1. The van der Waals surface area contributed by atoms with Crippen LogP contribution in [0.25, 0.3) is 11.0 Å². The van der Waals surface area contributed by atoms with Crippen LogP contribution in [0.1, 0.15) is 37.3 Å². The molecule has 0 amide bonds. The highest BCUT2D eigenvalue weighted by molar-refractivity contribution is 5.74. The summed E-state index contributed by atoms with van der Waals surface area (Å²) in [6, 6.07) is 17.0. The first-order chi connectivity index (χ1) is 14.2. The number of piperidine rings is 1. The van der Waals surface area contributed by atoms with E-state index in [0.29, 0.717) is 0 Å². The Morgan fingerprint density at radius 3 is 2.52 bits per heavy atom. The molecule has 0 unspecified atom stereocenters. The van der Waals surface area contributed by atoms with Crippen molar-refractivity contribution < 1.29 is 4.74 Å². The van der Waals surface area contributed by atoms with Crippen molar-refractivity contribution in [3.63, 3.8) is 0 Å². The van der Waals surface area contributed by atoms with E-state index in [2.05, 4.69) is 64.3 Å². The number of aryl methyl sites for hydroxylation is 1. The highest BCUT2D eigenvalue weighted by atomic mass is 16.5. The molecule has 29 heavy (non-hydrogen) atoms. The van der Waals surface area contributed by atoms with Crippen molar-refractivity contribution in [2.24, 2.45) is 5.41 Å². The van der Waals surface area contributed by atoms with Crippen LogP contribution in [-0.4, -0.2) is 41.2 Å². The van der Waals surface area contributed by atoms with Gasteiger partial charge in [0.2, 0.25) is 0 Å². The molecule has 1 aliphatic rings. The second-order valence-electron chi connectivity index (χ2n) is 8.36. The Labute approximate surface area is 172 Å². The molecule has 0 saturated carbocycles. The highest BCUT2D eigenvalue weighted by Gasteiger charge is 2.34. The van der Waals surface area contributed by atoms with Crippen LogP contribution in [0.3, 0.4) is 0 Å². The molecule has 4 rings (SSSR count). The number of hydrogen-bond donors (Lipinski definition) is 2. The number of rotatable bonds is 8. The quantitative estimate of drug-likeness (QED) is 0.605. The van der Waals surface area contributed by atoms with Crippen molar-refractivity contribution in [1.82, 2.24) is 14.9 Å². The minimum absolute atomic E-state index is 0.144. The van der Waals surface area contributed by atoms with E-state index in [0.717, 1.165) is 50.3 Å².